The maximum Gasteiger partial charge on any atom is 0.226 e. The Balaban J connectivity index is 2.70. The molecule has 0 saturated carbocycles. The SMILES string of the molecule is COc1cc(Cl)cnc1C1(S(N)(=O)=O)C=CC(Cl)=NC1. The second-order valence-electron chi connectivity index (χ2n) is 4.11. The summed E-state index contributed by atoms with van der Waals surface area (Å²) in [6, 6.07) is 1.46. The topological polar surface area (TPSA) is 94.6 Å². The van der Waals surface area contributed by atoms with Crippen molar-refractivity contribution in [2.24, 2.45) is 10.1 Å². The number of ether oxygens (including phenoxy) is 1. The molecule has 0 aliphatic carbocycles. The van der Waals surface area contributed by atoms with E-state index in [9.17, 15) is 8.42 Å². The van der Waals surface area contributed by atoms with Crippen LogP contribution in [0.25, 0.3) is 0 Å². The number of pyridine rings is 1. The van der Waals surface area contributed by atoms with Gasteiger partial charge in [0.25, 0.3) is 0 Å². The van der Waals surface area contributed by atoms with E-state index in [1.165, 1.54) is 31.5 Å². The number of hydrogen-bond acceptors (Lipinski definition) is 5. The molecule has 2 N–H and O–H groups in total. The van der Waals surface area contributed by atoms with Crippen LogP contribution < -0.4 is 9.88 Å². The van der Waals surface area contributed by atoms with Gasteiger partial charge in [-0.25, -0.2) is 13.6 Å². The normalized spacial score (nSPS) is 22.5. The molecule has 1 atom stereocenters. The number of primary sulfonamides is 1. The van der Waals surface area contributed by atoms with E-state index in [4.69, 9.17) is 33.1 Å². The standard InChI is InChI=1S/C11H11Cl2N3O3S/c1-19-8-4-7(12)5-15-10(8)11(20(14,17)18)3-2-9(13)16-6-11/h2-5H,6H2,1H3,(H2,14,17,18). The molecule has 1 unspecified atom stereocenters. The fraction of sp³-hybridized carbons (Fsp3) is 0.273. The first-order valence-corrected chi connectivity index (χ1v) is 7.72. The minimum absolute atomic E-state index is 0.121. The number of sulfonamides is 1. The number of nitrogens with two attached hydrogens (primary N) is 1. The Hall–Kier alpha value is -1.15. The van der Waals surface area contributed by atoms with Gasteiger partial charge in [0.15, 0.2) is 4.75 Å². The van der Waals surface area contributed by atoms with Crippen molar-refractivity contribution in [3.8, 4) is 5.75 Å². The number of rotatable bonds is 3. The Labute approximate surface area is 126 Å². The van der Waals surface area contributed by atoms with Crippen molar-refractivity contribution in [2.75, 3.05) is 13.7 Å². The highest BCUT2D eigenvalue weighted by Crippen LogP contribution is 2.38. The van der Waals surface area contributed by atoms with Gasteiger partial charge in [-0.15, -0.1) is 0 Å². The molecule has 20 heavy (non-hydrogen) atoms. The van der Waals surface area contributed by atoms with E-state index in [1.807, 2.05) is 0 Å². The molecule has 0 bridgehead atoms. The maximum absolute atomic E-state index is 12.1. The van der Waals surface area contributed by atoms with Gasteiger partial charge >= 0.3 is 0 Å². The molecular weight excluding hydrogens is 325 g/mol. The van der Waals surface area contributed by atoms with Crippen molar-refractivity contribution in [1.29, 1.82) is 0 Å². The van der Waals surface area contributed by atoms with E-state index >= 15 is 0 Å². The first kappa shape index (κ1) is 15.2. The molecule has 2 heterocycles. The quantitative estimate of drug-likeness (QED) is 0.903. The lowest BCUT2D eigenvalue weighted by Crippen LogP contribution is -2.44. The summed E-state index contributed by atoms with van der Waals surface area (Å²) in [5.74, 6) is 0.212. The summed E-state index contributed by atoms with van der Waals surface area (Å²) in [6.07, 6.45) is 4.04. The summed E-state index contributed by atoms with van der Waals surface area (Å²) in [4.78, 5) is 7.99. The molecule has 1 aliphatic heterocycles. The van der Waals surface area contributed by atoms with E-state index in [0.29, 0.717) is 5.02 Å². The monoisotopic (exact) mass is 335 g/mol. The molecular formula is C11H11Cl2N3O3S. The van der Waals surface area contributed by atoms with E-state index in [2.05, 4.69) is 9.98 Å². The molecule has 0 amide bonds. The van der Waals surface area contributed by atoms with Gasteiger partial charge in [0.05, 0.1) is 18.7 Å². The molecule has 1 aliphatic rings. The van der Waals surface area contributed by atoms with Crippen LogP contribution in [0, 0.1) is 0 Å². The van der Waals surface area contributed by atoms with Gasteiger partial charge in [0.1, 0.15) is 16.6 Å². The number of aliphatic imine (C=N–C) groups is 1. The van der Waals surface area contributed by atoms with Gasteiger partial charge in [0.2, 0.25) is 10.0 Å². The zero-order valence-corrected chi connectivity index (χ0v) is 12.7. The fourth-order valence-electron chi connectivity index (χ4n) is 1.87. The summed E-state index contributed by atoms with van der Waals surface area (Å²) in [6.45, 7) is -0.174. The van der Waals surface area contributed by atoms with Gasteiger partial charge < -0.3 is 4.74 Å². The number of aromatic nitrogens is 1. The number of allylic oxidation sites excluding steroid dienone is 1. The Morgan fingerprint density at radius 1 is 1.45 bits per heavy atom. The van der Waals surface area contributed by atoms with Crippen LogP contribution in [0.4, 0.5) is 0 Å². The van der Waals surface area contributed by atoms with Gasteiger partial charge in [-0.05, 0) is 6.08 Å². The lowest BCUT2D eigenvalue weighted by atomic mass is 10.0. The second-order valence-corrected chi connectivity index (χ2v) is 6.75. The van der Waals surface area contributed by atoms with Crippen LogP contribution in [0.15, 0.2) is 29.4 Å². The number of hydrogen-bond donors (Lipinski definition) is 1. The number of nitrogens with zero attached hydrogens (tertiary/aromatic N) is 2. The van der Waals surface area contributed by atoms with Gasteiger partial charge in [-0.3, -0.25) is 9.98 Å². The first-order chi connectivity index (χ1) is 9.30. The van der Waals surface area contributed by atoms with E-state index < -0.39 is 14.8 Å². The summed E-state index contributed by atoms with van der Waals surface area (Å²) in [5, 5.41) is 5.87. The largest absolute Gasteiger partial charge is 0.495 e. The molecule has 0 radical (unpaired) electrons. The summed E-state index contributed by atoms with van der Waals surface area (Å²) >= 11 is 11.6. The molecule has 1 aromatic heterocycles. The van der Waals surface area contributed by atoms with E-state index in [1.54, 1.807) is 0 Å². The lowest BCUT2D eigenvalue weighted by Gasteiger charge is -2.29. The Morgan fingerprint density at radius 2 is 2.15 bits per heavy atom. The number of methoxy groups -OCH3 is 1. The second kappa shape index (κ2) is 5.33. The highest BCUT2D eigenvalue weighted by atomic mass is 35.5. The molecule has 0 saturated heterocycles. The van der Waals surface area contributed by atoms with Crippen molar-refractivity contribution in [1.82, 2.24) is 4.98 Å². The minimum atomic E-state index is -4.05. The highest BCUT2D eigenvalue weighted by molar-refractivity contribution is 7.90. The third-order valence-electron chi connectivity index (χ3n) is 2.90. The fourth-order valence-corrected chi connectivity index (χ4v) is 3.06. The van der Waals surface area contributed by atoms with E-state index in [0.717, 1.165) is 0 Å². The van der Waals surface area contributed by atoms with Crippen LogP contribution in [0.2, 0.25) is 5.02 Å². The third-order valence-corrected chi connectivity index (χ3v) is 4.83. The van der Waals surface area contributed by atoms with E-state index in [-0.39, 0.29) is 23.2 Å². The Morgan fingerprint density at radius 3 is 2.65 bits per heavy atom. The first-order valence-electron chi connectivity index (χ1n) is 5.42. The van der Waals surface area contributed by atoms with Crippen molar-refractivity contribution in [2.45, 2.75) is 4.75 Å². The van der Waals surface area contributed by atoms with Gasteiger partial charge in [0, 0.05) is 12.3 Å². The molecule has 9 heteroatoms. The minimum Gasteiger partial charge on any atom is -0.495 e. The molecule has 0 fully saturated rings. The average molecular weight is 336 g/mol. The summed E-state index contributed by atoms with van der Waals surface area (Å²) in [5.41, 5.74) is 0.121. The lowest BCUT2D eigenvalue weighted by molar-refractivity contribution is 0.401. The zero-order valence-electron chi connectivity index (χ0n) is 10.4. The van der Waals surface area contributed by atoms with Crippen LogP contribution in [-0.4, -0.2) is 32.2 Å². The number of dihydropyridines is 1. The molecule has 1 aromatic rings. The van der Waals surface area contributed by atoms with Crippen LogP contribution in [0.1, 0.15) is 5.69 Å². The van der Waals surface area contributed by atoms with Crippen molar-refractivity contribution < 1.29 is 13.2 Å². The van der Waals surface area contributed by atoms with Gasteiger partial charge in [-0.2, -0.15) is 0 Å². The smallest absolute Gasteiger partial charge is 0.226 e. The molecule has 2 rings (SSSR count). The van der Waals surface area contributed by atoms with Crippen LogP contribution >= 0.6 is 23.2 Å². The van der Waals surface area contributed by atoms with Crippen LogP contribution in [0.5, 0.6) is 5.75 Å². The highest BCUT2D eigenvalue weighted by Gasteiger charge is 2.46. The Kier molecular flexibility index (Phi) is 4.06. The van der Waals surface area contributed by atoms with Crippen molar-refractivity contribution in [3.63, 3.8) is 0 Å². The molecule has 6 nitrogen and oxygen atoms in total. The third kappa shape index (κ3) is 2.54. The van der Waals surface area contributed by atoms with Crippen LogP contribution in [-0.2, 0) is 14.8 Å². The summed E-state index contributed by atoms with van der Waals surface area (Å²) in [7, 11) is -2.66. The molecule has 108 valence electrons. The summed E-state index contributed by atoms with van der Waals surface area (Å²) < 4.78 is 27.6. The molecule has 0 aromatic carbocycles. The van der Waals surface area contributed by atoms with Crippen molar-refractivity contribution in [3.05, 3.63) is 35.1 Å². The number of halogens is 2. The average Bonchev–Trinajstić information content (AvgIpc) is 2.38. The predicted molar refractivity (Wildman–Crippen MR) is 77.9 cm³/mol. The zero-order chi connectivity index (χ0) is 15.0. The molecule has 0 spiro atoms. The maximum atomic E-state index is 12.1. The van der Waals surface area contributed by atoms with Crippen molar-refractivity contribution >= 4 is 38.4 Å². The Bertz CT molecular complexity index is 703. The van der Waals surface area contributed by atoms with Crippen LogP contribution in [0.3, 0.4) is 0 Å². The predicted octanol–water partition coefficient (Wildman–Crippen LogP) is 1.43. The van der Waals surface area contributed by atoms with Gasteiger partial charge in [-0.1, -0.05) is 29.3 Å².